The number of carbonyl (C=O) groups is 1. The third kappa shape index (κ3) is 1.75. The largest absolute Gasteiger partial charge is 0.425 e. The molecule has 19 heavy (non-hydrogen) atoms. The van der Waals surface area contributed by atoms with Crippen LogP contribution in [0.15, 0.2) is 54.6 Å². The molecule has 0 spiro atoms. The highest BCUT2D eigenvalue weighted by molar-refractivity contribution is 6.18. The zero-order valence-corrected chi connectivity index (χ0v) is 11.1. The van der Waals surface area contributed by atoms with Crippen molar-refractivity contribution in [1.29, 1.82) is 0 Å². The van der Waals surface area contributed by atoms with Gasteiger partial charge in [0.2, 0.25) is 0 Å². The summed E-state index contributed by atoms with van der Waals surface area (Å²) in [5.41, 5.74) is 1.08. The van der Waals surface area contributed by atoms with Crippen molar-refractivity contribution >= 4 is 17.6 Å². The molecule has 0 aliphatic carbocycles. The monoisotopic (exact) mass is 272 g/mol. The van der Waals surface area contributed by atoms with Crippen molar-refractivity contribution in [2.75, 3.05) is 5.88 Å². The Morgan fingerprint density at radius 2 is 1.68 bits per heavy atom. The van der Waals surface area contributed by atoms with E-state index in [0.717, 1.165) is 11.1 Å². The fraction of sp³-hybridized carbons (Fsp3) is 0.188. The average Bonchev–Trinajstić information content (AvgIpc) is 2.74. The van der Waals surface area contributed by atoms with Crippen molar-refractivity contribution < 1.29 is 9.53 Å². The van der Waals surface area contributed by atoms with Gasteiger partial charge in [-0.05, 0) is 18.1 Å². The topological polar surface area (TPSA) is 26.3 Å². The Balaban J connectivity index is 2.24. The van der Waals surface area contributed by atoms with Gasteiger partial charge < -0.3 is 4.74 Å². The van der Waals surface area contributed by atoms with Crippen LogP contribution in [0.25, 0.3) is 0 Å². The van der Waals surface area contributed by atoms with Gasteiger partial charge >= 0.3 is 5.97 Å². The summed E-state index contributed by atoms with van der Waals surface area (Å²) < 4.78 is 5.43. The molecule has 3 rings (SSSR count). The van der Waals surface area contributed by atoms with E-state index in [4.69, 9.17) is 16.3 Å². The van der Waals surface area contributed by atoms with Crippen LogP contribution >= 0.6 is 11.6 Å². The van der Waals surface area contributed by atoms with E-state index in [1.165, 1.54) is 0 Å². The quantitative estimate of drug-likeness (QED) is 0.485. The van der Waals surface area contributed by atoms with E-state index >= 15 is 0 Å². The number of benzene rings is 2. The highest BCUT2D eigenvalue weighted by Crippen LogP contribution is 2.46. The lowest BCUT2D eigenvalue weighted by molar-refractivity contribution is -0.136. The minimum Gasteiger partial charge on any atom is -0.425 e. The van der Waals surface area contributed by atoms with Crippen LogP contribution in [-0.2, 0) is 10.2 Å². The maximum absolute atomic E-state index is 12.5. The van der Waals surface area contributed by atoms with E-state index in [1.807, 2.05) is 54.6 Å². The molecule has 0 N–H and O–H groups in total. The van der Waals surface area contributed by atoms with Gasteiger partial charge in [-0.25, -0.2) is 0 Å². The van der Waals surface area contributed by atoms with Gasteiger partial charge in [-0.3, -0.25) is 4.79 Å². The number of halogens is 1. The van der Waals surface area contributed by atoms with E-state index in [-0.39, 0.29) is 5.97 Å². The van der Waals surface area contributed by atoms with E-state index < -0.39 is 5.41 Å². The standard InChI is InChI=1S/C16H13ClO2/c17-11-10-16(12-6-2-1-3-7-12)13-8-4-5-9-14(13)19-15(16)18/h1-9H,10-11H2/t16-/m1/s1. The van der Waals surface area contributed by atoms with E-state index in [9.17, 15) is 4.79 Å². The van der Waals surface area contributed by atoms with E-state index in [2.05, 4.69) is 0 Å². The fourth-order valence-electron chi connectivity index (χ4n) is 2.72. The van der Waals surface area contributed by atoms with Crippen LogP contribution in [0, 0.1) is 0 Å². The predicted molar refractivity (Wildman–Crippen MR) is 74.6 cm³/mol. The summed E-state index contributed by atoms with van der Waals surface area (Å²) in [5, 5.41) is 0. The Kier molecular flexibility index (Phi) is 3.03. The highest BCUT2D eigenvalue weighted by atomic mass is 35.5. The van der Waals surface area contributed by atoms with Gasteiger partial charge in [0, 0.05) is 11.4 Å². The second kappa shape index (κ2) is 4.71. The Bertz CT molecular complexity index is 609. The molecule has 0 amide bonds. The van der Waals surface area contributed by atoms with Gasteiger partial charge in [0.1, 0.15) is 11.2 Å². The molecule has 0 saturated heterocycles. The summed E-state index contributed by atoms with van der Waals surface area (Å²) in [6.07, 6.45) is 0.536. The number of alkyl halides is 1. The molecule has 1 atom stereocenters. The van der Waals surface area contributed by atoms with Gasteiger partial charge in [0.15, 0.2) is 0 Å². The number of fused-ring (bicyclic) bond motifs is 1. The third-order valence-corrected chi connectivity index (χ3v) is 3.82. The Morgan fingerprint density at radius 3 is 2.42 bits per heavy atom. The lowest BCUT2D eigenvalue weighted by Crippen LogP contribution is -2.35. The lowest BCUT2D eigenvalue weighted by Gasteiger charge is -2.25. The first kappa shape index (κ1) is 12.2. The SMILES string of the molecule is O=C1Oc2ccccc2[C@@]1(CCCl)c1ccccc1. The fourth-order valence-corrected chi connectivity index (χ4v) is 3.01. The molecule has 0 saturated carbocycles. The minimum atomic E-state index is -0.764. The summed E-state index contributed by atoms with van der Waals surface area (Å²) in [7, 11) is 0. The molecule has 2 aromatic carbocycles. The smallest absolute Gasteiger partial charge is 0.326 e. The van der Waals surface area contributed by atoms with Crippen molar-refractivity contribution in [2.24, 2.45) is 0 Å². The van der Waals surface area contributed by atoms with Gasteiger partial charge in [0.25, 0.3) is 0 Å². The summed E-state index contributed by atoms with van der Waals surface area (Å²) in [4.78, 5) is 12.5. The lowest BCUT2D eigenvalue weighted by atomic mass is 9.73. The van der Waals surface area contributed by atoms with Crippen LogP contribution in [0.2, 0.25) is 0 Å². The van der Waals surface area contributed by atoms with E-state index in [1.54, 1.807) is 0 Å². The molecule has 0 fully saturated rings. The summed E-state index contributed by atoms with van der Waals surface area (Å²) in [6.45, 7) is 0. The third-order valence-electron chi connectivity index (χ3n) is 3.63. The molecular weight excluding hydrogens is 260 g/mol. The molecule has 3 heteroatoms. The van der Waals surface area contributed by atoms with Crippen LogP contribution in [0.4, 0.5) is 0 Å². The molecular formula is C16H13ClO2. The maximum atomic E-state index is 12.5. The number of para-hydroxylation sites is 1. The molecule has 0 bridgehead atoms. The highest BCUT2D eigenvalue weighted by Gasteiger charge is 2.49. The first-order chi connectivity index (χ1) is 9.29. The zero-order valence-electron chi connectivity index (χ0n) is 10.3. The van der Waals surface area contributed by atoms with Crippen molar-refractivity contribution in [3.63, 3.8) is 0 Å². The number of esters is 1. The predicted octanol–water partition coefficient (Wildman–Crippen LogP) is 3.52. The molecule has 2 nitrogen and oxygen atoms in total. The van der Waals surface area contributed by atoms with Crippen LogP contribution < -0.4 is 4.74 Å². The van der Waals surface area contributed by atoms with Crippen LogP contribution in [0.1, 0.15) is 17.5 Å². The number of hydrogen-bond donors (Lipinski definition) is 0. The molecule has 0 aromatic heterocycles. The summed E-state index contributed by atoms with van der Waals surface area (Å²) >= 11 is 5.95. The molecule has 0 unspecified atom stereocenters. The van der Waals surface area contributed by atoms with Crippen molar-refractivity contribution in [2.45, 2.75) is 11.8 Å². The van der Waals surface area contributed by atoms with Gasteiger partial charge in [-0.2, -0.15) is 0 Å². The Morgan fingerprint density at radius 1 is 1.00 bits per heavy atom. The number of rotatable bonds is 3. The van der Waals surface area contributed by atoms with Crippen molar-refractivity contribution in [1.82, 2.24) is 0 Å². The first-order valence-corrected chi connectivity index (χ1v) is 6.76. The number of ether oxygens (including phenoxy) is 1. The van der Waals surface area contributed by atoms with Crippen molar-refractivity contribution in [3.8, 4) is 5.75 Å². The van der Waals surface area contributed by atoms with Gasteiger partial charge in [-0.15, -0.1) is 11.6 Å². The van der Waals surface area contributed by atoms with Crippen molar-refractivity contribution in [3.05, 3.63) is 65.7 Å². The maximum Gasteiger partial charge on any atom is 0.326 e. The molecule has 1 aliphatic rings. The van der Waals surface area contributed by atoms with E-state index in [0.29, 0.717) is 18.1 Å². The van der Waals surface area contributed by atoms with Crippen LogP contribution in [-0.4, -0.2) is 11.8 Å². The average molecular weight is 273 g/mol. The summed E-state index contributed by atoms with van der Waals surface area (Å²) in [6, 6.07) is 17.3. The summed E-state index contributed by atoms with van der Waals surface area (Å²) in [5.74, 6) is 0.806. The molecule has 1 aliphatic heterocycles. The Labute approximate surface area is 117 Å². The molecule has 0 radical (unpaired) electrons. The van der Waals surface area contributed by atoms with Crippen LogP contribution in [0.5, 0.6) is 5.75 Å². The van der Waals surface area contributed by atoms with Gasteiger partial charge in [-0.1, -0.05) is 48.5 Å². The number of hydrogen-bond acceptors (Lipinski definition) is 2. The minimum absolute atomic E-state index is 0.236. The normalized spacial score (nSPS) is 21.0. The molecule has 1 heterocycles. The second-order valence-corrected chi connectivity index (χ2v) is 4.97. The molecule has 96 valence electrons. The Hall–Kier alpha value is -1.80. The molecule has 2 aromatic rings. The number of carbonyl (C=O) groups excluding carboxylic acids is 1. The second-order valence-electron chi connectivity index (χ2n) is 4.60. The zero-order chi connectivity index (χ0) is 13.3. The van der Waals surface area contributed by atoms with Crippen LogP contribution in [0.3, 0.4) is 0 Å². The van der Waals surface area contributed by atoms with Gasteiger partial charge in [0.05, 0.1) is 0 Å². The first-order valence-electron chi connectivity index (χ1n) is 6.22.